The Morgan fingerprint density at radius 2 is 1.87 bits per heavy atom. The minimum atomic E-state index is -0.940. The summed E-state index contributed by atoms with van der Waals surface area (Å²) in [5.74, 6) is -0.681. The third-order valence-corrected chi connectivity index (χ3v) is 7.24. The van der Waals surface area contributed by atoms with Crippen molar-refractivity contribution < 1.29 is 24.2 Å². The predicted octanol–water partition coefficient (Wildman–Crippen LogP) is 6.54. The molecule has 5 rings (SSSR count). The number of aliphatic hydroxyl groups is 1. The van der Waals surface area contributed by atoms with Gasteiger partial charge in [0.25, 0.3) is 5.78 Å². The minimum absolute atomic E-state index is 0.0487. The van der Waals surface area contributed by atoms with Crippen LogP contribution in [0.25, 0.3) is 16.0 Å². The van der Waals surface area contributed by atoms with Gasteiger partial charge in [0.2, 0.25) is 0 Å². The molecule has 7 nitrogen and oxygen atoms in total. The molecule has 1 fully saturated rings. The lowest BCUT2D eigenvalue weighted by Gasteiger charge is -2.23. The molecule has 192 valence electrons. The number of ether oxygens (including phenoxy) is 2. The van der Waals surface area contributed by atoms with E-state index in [1.54, 1.807) is 54.6 Å². The maximum absolute atomic E-state index is 13.5. The van der Waals surface area contributed by atoms with Crippen molar-refractivity contribution in [3.05, 3.63) is 101 Å². The van der Waals surface area contributed by atoms with Crippen molar-refractivity contribution in [2.45, 2.75) is 13.0 Å². The molecule has 1 amide bonds. The fourth-order valence-electron chi connectivity index (χ4n) is 4.29. The first-order valence-electron chi connectivity index (χ1n) is 11.8. The number of aromatic nitrogens is 1. The van der Waals surface area contributed by atoms with Crippen molar-refractivity contribution >= 4 is 55.7 Å². The maximum atomic E-state index is 13.5. The van der Waals surface area contributed by atoms with Crippen molar-refractivity contribution in [2.24, 2.45) is 0 Å². The Labute approximate surface area is 228 Å². The van der Waals surface area contributed by atoms with E-state index in [4.69, 9.17) is 21.1 Å². The number of fused-ring (bicyclic) bond motifs is 1. The number of thiazole rings is 1. The first kappa shape index (κ1) is 25.5. The lowest BCUT2D eigenvalue weighted by Crippen LogP contribution is -2.29. The minimum Gasteiger partial charge on any atom is -0.507 e. The van der Waals surface area contributed by atoms with Gasteiger partial charge in [-0.1, -0.05) is 47.7 Å². The van der Waals surface area contributed by atoms with Gasteiger partial charge in [-0.3, -0.25) is 14.5 Å². The summed E-state index contributed by atoms with van der Waals surface area (Å²) in [6, 6.07) is 18.0. The van der Waals surface area contributed by atoms with Crippen LogP contribution in [0.4, 0.5) is 5.13 Å². The lowest BCUT2D eigenvalue weighted by atomic mass is 9.95. The molecule has 1 unspecified atom stereocenters. The van der Waals surface area contributed by atoms with Crippen LogP contribution in [-0.4, -0.2) is 35.0 Å². The van der Waals surface area contributed by atoms with Crippen LogP contribution in [0.2, 0.25) is 5.02 Å². The van der Waals surface area contributed by atoms with Gasteiger partial charge >= 0.3 is 5.91 Å². The Hall–Kier alpha value is -4.14. The van der Waals surface area contributed by atoms with Gasteiger partial charge in [-0.2, -0.15) is 0 Å². The predicted molar refractivity (Wildman–Crippen MR) is 149 cm³/mol. The summed E-state index contributed by atoms with van der Waals surface area (Å²) in [4.78, 5) is 32.9. The van der Waals surface area contributed by atoms with Crippen LogP contribution in [0.3, 0.4) is 0 Å². The maximum Gasteiger partial charge on any atom is 0.301 e. The van der Waals surface area contributed by atoms with Gasteiger partial charge in [0.05, 0.1) is 28.4 Å². The van der Waals surface area contributed by atoms with Gasteiger partial charge in [0.15, 0.2) is 5.13 Å². The number of hydrogen-bond donors (Lipinski definition) is 1. The smallest absolute Gasteiger partial charge is 0.301 e. The summed E-state index contributed by atoms with van der Waals surface area (Å²) >= 11 is 7.28. The molecule has 0 spiro atoms. The van der Waals surface area contributed by atoms with Crippen molar-refractivity contribution in [3.8, 4) is 11.5 Å². The summed E-state index contributed by atoms with van der Waals surface area (Å²) in [7, 11) is 0. The number of amides is 1. The van der Waals surface area contributed by atoms with E-state index in [1.807, 2.05) is 25.1 Å². The second-order valence-corrected chi connectivity index (χ2v) is 9.85. The number of carbonyl (C=O) groups excluding carboxylic acids is 2. The number of ketones is 1. The zero-order chi connectivity index (χ0) is 26.8. The number of Topliss-reactive ketones (excluding diaryl/α,β-unsaturated/α-hetero) is 1. The van der Waals surface area contributed by atoms with E-state index >= 15 is 0 Å². The van der Waals surface area contributed by atoms with Crippen LogP contribution in [0.5, 0.6) is 11.5 Å². The Morgan fingerprint density at radius 1 is 1.11 bits per heavy atom. The van der Waals surface area contributed by atoms with E-state index in [-0.39, 0.29) is 17.9 Å². The topological polar surface area (TPSA) is 89.0 Å². The summed E-state index contributed by atoms with van der Waals surface area (Å²) in [5.41, 5.74) is 1.56. The molecule has 1 atom stereocenters. The first-order chi connectivity index (χ1) is 18.4. The van der Waals surface area contributed by atoms with E-state index in [1.165, 1.54) is 16.2 Å². The monoisotopic (exact) mass is 546 g/mol. The van der Waals surface area contributed by atoms with Gasteiger partial charge < -0.3 is 14.6 Å². The van der Waals surface area contributed by atoms with E-state index in [9.17, 15) is 14.7 Å². The third-order valence-electron chi connectivity index (χ3n) is 5.97. The number of hydrogen-bond acceptors (Lipinski definition) is 7. The van der Waals surface area contributed by atoms with Crippen LogP contribution >= 0.6 is 22.9 Å². The van der Waals surface area contributed by atoms with Crippen LogP contribution in [0, 0.1) is 0 Å². The molecule has 0 saturated carbocycles. The largest absolute Gasteiger partial charge is 0.507 e. The molecule has 0 radical (unpaired) electrons. The highest BCUT2D eigenvalue weighted by molar-refractivity contribution is 7.22. The molecule has 1 N–H and O–H groups in total. The van der Waals surface area contributed by atoms with E-state index in [0.717, 1.165) is 4.70 Å². The molecule has 2 heterocycles. The van der Waals surface area contributed by atoms with Crippen molar-refractivity contribution in [1.29, 1.82) is 0 Å². The lowest BCUT2D eigenvalue weighted by molar-refractivity contribution is -0.132. The molecule has 1 aromatic heterocycles. The molecular formula is C29H23ClN2O5S. The molecule has 1 saturated heterocycles. The normalized spacial score (nSPS) is 16.7. The Bertz CT molecular complexity index is 1580. The van der Waals surface area contributed by atoms with Crippen LogP contribution in [-0.2, 0) is 9.59 Å². The van der Waals surface area contributed by atoms with Crippen LogP contribution in [0.15, 0.2) is 85.0 Å². The molecule has 0 aliphatic carbocycles. The summed E-state index contributed by atoms with van der Waals surface area (Å²) in [6.07, 6.45) is 1.62. The highest BCUT2D eigenvalue weighted by Crippen LogP contribution is 2.45. The Balaban J connectivity index is 1.68. The number of benzene rings is 3. The Morgan fingerprint density at radius 3 is 2.61 bits per heavy atom. The van der Waals surface area contributed by atoms with Crippen LogP contribution < -0.4 is 14.4 Å². The van der Waals surface area contributed by atoms with E-state index in [2.05, 4.69) is 11.6 Å². The van der Waals surface area contributed by atoms with Gasteiger partial charge in [-0.15, -0.1) is 0 Å². The summed E-state index contributed by atoms with van der Waals surface area (Å²) < 4.78 is 12.1. The fraction of sp³-hybridized carbons (Fsp3) is 0.138. The highest BCUT2D eigenvalue weighted by atomic mass is 35.5. The molecule has 1 aliphatic rings. The van der Waals surface area contributed by atoms with Gasteiger partial charge in [-0.05, 0) is 67.1 Å². The number of anilines is 1. The quantitative estimate of drug-likeness (QED) is 0.117. The van der Waals surface area contributed by atoms with E-state index in [0.29, 0.717) is 44.9 Å². The number of aliphatic hydroxyl groups excluding tert-OH is 1. The molecule has 38 heavy (non-hydrogen) atoms. The van der Waals surface area contributed by atoms with E-state index < -0.39 is 17.7 Å². The standard InChI is InChI=1S/C29H23ClN2O5S/c1-3-14-37-20-7-5-6-18(15-20)25-24(26(33)17-8-10-19(30)11-9-17)27(34)28(35)32(25)29-31-22-13-12-21(36-4-2)16-23(22)38-29/h3,5-13,15-16,25,33H,1,4,14H2,2H3. The molecular weight excluding hydrogens is 524 g/mol. The molecule has 9 heteroatoms. The van der Waals surface area contributed by atoms with Gasteiger partial charge in [0.1, 0.15) is 23.9 Å². The number of nitrogens with zero attached hydrogens (tertiary/aromatic N) is 2. The first-order valence-corrected chi connectivity index (χ1v) is 13.0. The molecule has 0 bridgehead atoms. The zero-order valence-electron chi connectivity index (χ0n) is 20.4. The zero-order valence-corrected chi connectivity index (χ0v) is 22.0. The number of halogens is 1. The van der Waals surface area contributed by atoms with Crippen LogP contribution in [0.1, 0.15) is 24.1 Å². The second kappa shape index (κ2) is 10.7. The molecule has 4 aromatic rings. The SMILES string of the molecule is C=CCOc1cccc(C2C(=C(O)c3ccc(Cl)cc3)C(=O)C(=O)N2c2nc3ccc(OCC)cc3s2)c1. The van der Waals surface area contributed by atoms with Gasteiger partial charge in [-0.25, -0.2) is 4.98 Å². The van der Waals surface area contributed by atoms with Crippen molar-refractivity contribution in [2.75, 3.05) is 18.1 Å². The average Bonchev–Trinajstić information content (AvgIpc) is 3.45. The fourth-order valence-corrected chi connectivity index (χ4v) is 5.44. The molecule has 3 aromatic carbocycles. The van der Waals surface area contributed by atoms with Gasteiger partial charge in [0, 0.05) is 10.6 Å². The average molecular weight is 547 g/mol. The summed E-state index contributed by atoms with van der Waals surface area (Å²) in [5, 5.41) is 12.1. The number of rotatable bonds is 8. The number of carbonyl (C=O) groups is 2. The second-order valence-electron chi connectivity index (χ2n) is 8.41. The molecule has 1 aliphatic heterocycles. The highest BCUT2D eigenvalue weighted by Gasteiger charge is 2.48. The van der Waals surface area contributed by atoms with Crippen molar-refractivity contribution in [1.82, 2.24) is 4.98 Å². The Kier molecular flexibility index (Phi) is 7.18. The third kappa shape index (κ3) is 4.76. The summed E-state index contributed by atoms with van der Waals surface area (Å²) in [6.45, 7) is 6.37. The van der Waals surface area contributed by atoms with Crippen molar-refractivity contribution in [3.63, 3.8) is 0 Å².